The zero-order valence-electron chi connectivity index (χ0n) is 17.7. The smallest absolute Gasteiger partial charge is 0.154 e. The molecule has 0 spiro atoms. The van der Waals surface area contributed by atoms with Crippen LogP contribution in [0.25, 0.3) is 0 Å². The van der Waals surface area contributed by atoms with Crippen LogP contribution < -0.4 is 9.68 Å². The zero-order chi connectivity index (χ0) is 20.9. The standard InChI is InChI=1S/C23H27N4OPS/c1-23(2)19-11-7-8-12-20(19)25(3)22(23)21-17-24-27(18-9-5-4-6-10-18)29(21,30)26-13-15-28-16-14-26/h4-12,17H,13-16H2,1-3H3/b22-21+/t29-/m0/s1. The van der Waals surface area contributed by atoms with Gasteiger partial charge in [-0.25, -0.2) is 9.45 Å². The first-order chi connectivity index (χ1) is 14.5. The molecular formula is C23H27N4OPS. The molecule has 1 atom stereocenters. The van der Waals surface area contributed by atoms with Crippen molar-refractivity contribution in [2.45, 2.75) is 19.3 Å². The Kier molecular flexibility index (Phi) is 4.86. The number of hydrazone groups is 1. The predicted octanol–water partition coefficient (Wildman–Crippen LogP) is 4.77. The lowest BCUT2D eigenvalue weighted by molar-refractivity contribution is 0.0748. The first kappa shape index (κ1) is 20.0. The third kappa shape index (κ3) is 2.82. The van der Waals surface area contributed by atoms with Gasteiger partial charge < -0.3 is 9.64 Å². The van der Waals surface area contributed by atoms with Gasteiger partial charge in [0.25, 0.3) is 0 Å². The summed E-state index contributed by atoms with van der Waals surface area (Å²) < 4.78 is 10.2. The van der Waals surface area contributed by atoms with Crippen LogP contribution in [0.3, 0.4) is 0 Å². The molecule has 0 aliphatic carbocycles. The molecule has 2 aromatic rings. The largest absolute Gasteiger partial charge is 0.379 e. The SMILES string of the molecule is CN1/C(=C2\C=NN(c3ccccc3)[P@@]2(=S)N2CCOCC2)C(C)(C)c2ccccc21. The first-order valence-electron chi connectivity index (χ1n) is 10.4. The average molecular weight is 439 g/mol. The van der Waals surface area contributed by atoms with Crippen molar-refractivity contribution in [1.82, 2.24) is 4.67 Å². The molecule has 0 saturated carbocycles. The molecule has 3 aliphatic heterocycles. The van der Waals surface area contributed by atoms with Crippen molar-refractivity contribution in [3.8, 4) is 0 Å². The summed E-state index contributed by atoms with van der Waals surface area (Å²) in [6, 6.07) is 19.0. The van der Waals surface area contributed by atoms with Gasteiger partial charge in [-0.1, -0.05) is 62.1 Å². The maximum absolute atomic E-state index is 6.61. The first-order valence-corrected chi connectivity index (χ1v) is 13.1. The van der Waals surface area contributed by atoms with Crippen LogP contribution in [0, 0.1) is 0 Å². The molecule has 0 aromatic heterocycles. The Morgan fingerprint density at radius 2 is 1.67 bits per heavy atom. The molecule has 156 valence electrons. The minimum atomic E-state index is -2.35. The van der Waals surface area contributed by atoms with Crippen molar-refractivity contribution in [3.63, 3.8) is 0 Å². The summed E-state index contributed by atoms with van der Waals surface area (Å²) in [7, 11) is 2.16. The van der Waals surface area contributed by atoms with Crippen molar-refractivity contribution in [1.29, 1.82) is 0 Å². The second kappa shape index (κ2) is 7.31. The Bertz CT molecular complexity index is 1080. The van der Waals surface area contributed by atoms with Crippen LogP contribution in [0.1, 0.15) is 19.4 Å². The summed E-state index contributed by atoms with van der Waals surface area (Å²) in [6.07, 6.45) is -0.316. The van der Waals surface area contributed by atoms with E-state index in [1.54, 1.807) is 0 Å². The average Bonchev–Trinajstić information content (AvgIpc) is 3.21. The monoisotopic (exact) mass is 438 g/mol. The van der Waals surface area contributed by atoms with E-state index >= 15 is 0 Å². The van der Waals surface area contributed by atoms with Crippen LogP contribution in [0.5, 0.6) is 0 Å². The molecule has 0 amide bonds. The summed E-state index contributed by atoms with van der Waals surface area (Å²) >= 11 is 6.61. The van der Waals surface area contributed by atoms with Crippen LogP contribution >= 0.6 is 6.34 Å². The number of fused-ring (bicyclic) bond motifs is 1. The number of ether oxygens (including phenoxy) is 1. The van der Waals surface area contributed by atoms with Crippen molar-refractivity contribution >= 4 is 35.7 Å². The van der Waals surface area contributed by atoms with E-state index in [-0.39, 0.29) is 5.41 Å². The van der Waals surface area contributed by atoms with E-state index in [2.05, 4.69) is 83.8 Å². The van der Waals surface area contributed by atoms with E-state index in [1.807, 2.05) is 12.3 Å². The van der Waals surface area contributed by atoms with Gasteiger partial charge in [0.1, 0.15) is 0 Å². The van der Waals surface area contributed by atoms with Crippen molar-refractivity contribution < 1.29 is 4.74 Å². The molecule has 7 heteroatoms. The maximum Gasteiger partial charge on any atom is 0.154 e. The second-order valence-electron chi connectivity index (χ2n) is 8.41. The van der Waals surface area contributed by atoms with E-state index in [0.29, 0.717) is 13.2 Å². The van der Waals surface area contributed by atoms with Crippen LogP contribution in [0.15, 0.2) is 70.7 Å². The lowest BCUT2D eigenvalue weighted by atomic mass is 9.84. The zero-order valence-corrected chi connectivity index (χ0v) is 19.4. The summed E-state index contributed by atoms with van der Waals surface area (Å²) in [5, 5.41) is 6.10. The lowest BCUT2D eigenvalue weighted by Crippen LogP contribution is -2.38. The molecule has 1 fully saturated rings. The molecule has 5 nitrogen and oxygen atoms in total. The van der Waals surface area contributed by atoms with Gasteiger partial charge in [-0.3, -0.25) is 0 Å². The number of allylic oxidation sites excluding steroid dienone is 2. The second-order valence-corrected chi connectivity index (χ2v) is 12.5. The number of likely N-dealkylation sites (N-methyl/N-ethyl adjacent to an activating group) is 1. The van der Waals surface area contributed by atoms with E-state index < -0.39 is 6.34 Å². The normalized spacial score (nSPS) is 28.2. The summed E-state index contributed by atoms with van der Waals surface area (Å²) in [5.74, 6) is 0. The highest BCUT2D eigenvalue weighted by Gasteiger charge is 2.48. The molecule has 2 aromatic carbocycles. The fraction of sp³-hybridized carbons (Fsp3) is 0.348. The van der Waals surface area contributed by atoms with Crippen LogP contribution in [-0.4, -0.2) is 44.2 Å². The van der Waals surface area contributed by atoms with Gasteiger partial charge in [0.05, 0.1) is 30.4 Å². The Balaban J connectivity index is 1.72. The molecule has 3 aliphatic rings. The topological polar surface area (TPSA) is 31.3 Å². The Hall–Kier alpha value is -1.98. The van der Waals surface area contributed by atoms with Crippen LogP contribution in [-0.2, 0) is 22.0 Å². The molecule has 0 unspecified atom stereocenters. The lowest BCUT2D eigenvalue weighted by Gasteiger charge is -2.41. The summed E-state index contributed by atoms with van der Waals surface area (Å²) in [6.45, 7) is 7.69. The van der Waals surface area contributed by atoms with Gasteiger partial charge in [-0.15, -0.1) is 0 Å². The van der Waals surface area contributed by atoms with Gasteiger partial charge in [0.2, 0.25) is 0 Å². The third-order valence-corrected chi connectivity index (χ3v) is 11.0. The number of nitrogens with zero attached hydrogens (tertiary/aromatic N) is 4. The van der Waals surface area contributed by atoms with Crippen LogP contribution in [0.2, 0.25) is 0 Å². The van der Waals surface area contributed by atoms with Gasteiger partial charge >= 0.3 is 0 Å². The fourth-order valence-corrected chi connectivity index (χ4v) is 9.19. The fourth-order valence-electron chi connectivity index (χ4n) is 4.89. The van der Waals surface area contributed by atoms with E-state index in [9.17, 15) is 0 Å². The summed E-state index contributed by atoms with van der Waals surface area (Å²) in [5.41, 5.74) is 4.76. The maximum atomic E-state index is 6.61. The van der Waals surface area contributed by atoms with E-state index in [4.69, 9.17) is 21.6 Å². The number of anilines is 2. The minimum Gasteiger partial charge on any atom is -0.379 e. The Labute approximate surface area is 183 Å². The molecule has 1 saturated heterocycles. The summed E-state index contributed by atoms with van der Waals surface area (Å²) in [4.78, 5) is 2.33. The molecule has 5 rings (SSSR count). The highest BCUT2D eigenvalue weighted by Crippen LogP contribution is 2.67. The molecule has 30 heavy (non-hydrogen) atoms. The molecule has 0 N–H and O–H groups in total. The molecule has 3 heterocycles. The predicted molar refractivity (Wildman–Crippen MR) is 129 cm³/mol. The van der Waals surface area contributed by atoms with Gasteiger partial charge in [0, 0.05) is 36.9 Å². The number of morpholine rings is 1. The van der Waals surface area contributed by atoms with Crippen LogP contribution in [0.4, 0.5) is 11.4 Å². The molecule has 0 radical (unpaired) electrons. The van der Waals surface area contributed by atoms with Crippen molar-refractivity contribution in [2.24, 2.45) is 5.10 Å². The number of rotatable bonds is 2. The third-order valence-electron chi connectivity index (χ3n) is 6.33. The number of hydrogen-bond donors (Lipinski definition) is 0. The van der Waals surface area contributed by atoms with E-state index in [0.717, 1.165) is 18.8 Å². The quantitative estimate of drug-likeness (QED) is 0.631. The number of para-hydroxylation sites is 2. The number of hydrogen-bond acceptors (Lipinski definition) is 4. The highest BCUT2D eigenvalue weighted by atomic mass is 32.4. The Morgan fingerprint density at radius 3 is 2.37 bits per heavy atom. The van der Waals surface area contributed by atoms with Gasteiger partial charge in [-0.2, -0.15) is 5.10 Å². The van der Waals surface area contributed by atoms with Gasteiger partial charge in [-0.05, 0) is 23.8 Å². The molecular weight excluding hydrogens is 411 g/mol. The van der Waals surface area contributed by atoms with Crippen molar-refractivity contribution in [2.75, 3.05) is 43.0 Å². The minimum absolute atomic E-state index is 0.143. The molecule has 0 bridgehead atoms. The highest BCUT2D eigenvalue weighted by molar-refractivity contribution is 8.16. The van der Waals surface area contributed by atoms with Crippen molar-refractivity contribution in [3.05, 3.63) is 71.2 Å². The van der Waals surface area contributed by atoms with Gasteiger partial charge in [0.15, 0.2) is 6.34 Å². The number of benzene rings is 2. The van der Waals surface area contributed by atoms with E-state index in [1.165, 1.54) is 22.3 Å². The Morgan fingerprint density at radius 1 is 1.00 bits per heavy atom.